The van der Waals surface area contributed by atoms with E-state index in [1.807, 2.05) is 30.3 Å². The van der Waals surface area contributed by atoms with Crippen molar-refractivity contribution in [3.63, 3.8) is 0 Å². The molecule has 5 rings (SSSR count). The van der Waals surface area contributed by atoms with Crippen LogP contribution in [-0.2, 0) is 19.8 Å². The standard InChI is InChI=1S/C23H25NO4/c1-28-21-9-18-17(8-14(21)12-26)16-7-13(11-25)4-5-15(16)22-19(18)10-24-6-2-3-20(24)23(22)27/h4-5,7-9,20,23,25-27H,2-3,6,10-12H2,1H3. The first-order valence-corrected chi connectivity index (χ1v) is 9.88. The third-order valence-electron chi connectivity index (χ3n) is 6.52. The van der Waals surface area contributed by atoms with Gasteiger partial charge in [-0.15, -0.1) is 0 Å². The van der Waals surface area contributed by atoms with Gasteiger partial charge >= 0.3 is 0 Å². The third kappa shape index (κ3) is 2.47. The molecule has 1 fully saturated rings. The average molecular weight is 379 g/mol. The fourth-order valence-corrected chi connectivity index (χ4v) is 5.18. The van der Waals surface area contributed by atoms with Crippen LogP contribution in [0.5, 0.6) is 5.75 Å². The molecule has 1 saturated heterocycles. The Morgan fingerprint density at radius 2 is 1.86 bits per heavy atom. The largest absolute Gasteiger partial charge is 0.496 e. The zero-order chi connectivity index (χ0) is 19.4. The topological polar surface area (TPSA) is 73.2 Å². The number of hydrogen-bond donors (Lipinski definition) is 3. The molecule has 0 aliphatic carbocycles. The molecule has 0 spiro atoms. The minimum atomic E-state index is -0.526. The van der Waals surface area contributed by atoms with Crippen LogP contribution in [0.3, 0.4) is 0 Å². The van der Waals surface area contributed by atoms with E-state index >= 15 is 0 Å². The summed E-state index contributed by atoms with van der Waals surface area (Å²) in [4.78, 5) is 2.38. The minimum Gasteiger partial charge on any atom is -0.496 e. The molecule has 3 aromatic rings. The van der Waals surface area contributed by atoms with Gasteiger partial charge in [0, 0.05) is 18.2 Å². The Bertz CT molecular complexity index is 1080. The maximum atomic E-state index is 11.3. The fraction of sp³-hybridized carbons (Fsp3) is 0.391. The van der Waals surface area contributed by atoms with E-state index in [0.717, 1.165) is 69.7 Å². The van der Waals surface area contributed by atoms with E-state index in [-0.39, 0.29) is 19.3 Å². The number of hydrogen-bond acceptors (Lipinski definition) is 5. The highest BCUT2D eigenvalue weighted by molar-refractivity contribution is 6.12. The Morgan fingerprint density at radius 1 is 1.04 bits per heavy atom. The maximum Gasteiger partial charge on any atom is 0.125 e. The van der Waals surface area contributed by atoms with Gasteiger partial charge in [-0.3, -0.25) is 4.90 Å². The van der Waals surface area contributed by atoms with Crippen molar-refractivity contribution in [1.29, 1.82) is 0 Å². The van der Waals surface area contributed by atoms with Crippen molar-refractivity contribution in [2.24, 2.45) is 0 Å². The molecule has 28 heavy (non-hydrogen) atoms. The van der Waals surface area contributed by atoms with Gasteiger partial charge in [0.2, 0.25) is 0 Å². The molecule has 146 valence electrons. The van der Waals surface area contributed by atoms with Crippen molar-refractivity contribution in [1.82, 2.24) is 4.90 Å². The molecule has 5 nitrogen and oxygen atoms in total. The highest BCUT2D eigenvalue weighted by atomic mass is 16.5. The lowest BCUT2D eigenvalue weighted by molar-refractivity contribution is 0.0552. The normalized spacial score (nSPS) is 21.9. The maximum absolute atomic E-state index is 11.3. The quantitative estimate of drug-likeness (QED) is 0.610. The Hall–Kier alpha value is -2.18. The van der Waals surface area contributed by atoms with Gasteiger partial charge in [-0.25, -0.2) is 0 Å². The SMILES string of the molecule is COc1cc2c3c(c4ccc(CO)cc4c2cc1CO)C(O)C1CCCN1C3. The van der Waals surface area contributed by atoms with Crippen molar-refractivity contribution < 1.29 is 20.1 Å². The van der Waals surface area contributed by atoms with Crippen LogP contribution >= 0.6 is 0 Å². The van der Waals surface area contributed by atoms with E-state index in [1.54, 1.807) is 7.11 Å². The molecule has 2 atom stereocenters. The van der Waals surface area contributed by atoms with Crippen molar-refractivity contribution in [3.05, 3.63) is 52.6 Å². The number of fused-ring (bicyclic) bond motifs is 7. The molecule has 2 unspecified atom stereocenters. The van der Waals surface area contributed by atoms with Crippen LogP contribution in [0.2, 0.25) is 0 Å². The summed E-state index contributed by atoms with van der Waals surface area (Å²) in [6, 6.07) is 10.1. The van der Waals surface area contributed by atoms with E-state index in [9.17, 15) is 15.3 Å². The van der Waals surface area contributed by atoms with Gasteiger partial charge in [0.1, 0.15) is 5.75 Å². The van der Waals surface area contributed by atoms with Crippen LogP contribution in [0, 0.1) is 0 Å². The van der Waals surface area contributed by atoms with E-state index in [1.165, 1.54) is 0 Å². The molecule has 0 radical (unpaired) electrons. The summed E-state index contributed by atoms with van der Waals surface area (Å²) >= 11 is 0. The summed E-state index contributed by atoms with van der Waals surface area (Å²) < 4.78 is 5.53. The molecule has 0 bridgehead atoms. The molecule has 0 amide bonds. The summed E-state index contributed by atoms with van der Waals surface area (Å²) in [6.45, 7) is 1.69. The Morgan fingerprint density at radius 3 is 2.61 bits per heavy atom. The number of nitrogens with zero attached hydrogens (tertiary/aromatic N) is 1. The molecule has 5 heteroatoms. The number of benzene rings is 3. The second-order valence-electron chi connectivity index (χ2n) is 7.92. The van der Waals surface area contributed by atoms with Gasteiger partial charge in [0.25, 0.3) is 0 Å². The fourth-order valence-electron chi connectivity index (χ4n) is 5.18. The Balaban J connectivity index is 1.91. The number of ether oxygens (including phenoxy) is 1. The zero-order valence-corrected chi connectivity index (χ0v) is 16.0. The average Bonchev–Trinajstić information content (AvgIpc) is 3.21. The highest BCUT2D eigenvalue weighted by Gasteiger charge is 2.38. The molecule has 3 N–H and O–H groups in total. The molecule has 2 aliphatic rings. The van der Waals surface area contributed by atoms with Crippen LogP contribution < -0.4 is 4.74 Å². The zero-order valence-electron chi connectivity index (χ0n) is 16.0. The van der Waals surface area contributed by atoms with Gasteiger partial charge in [-0.1, -0.05) is 12.1 Å². The number of rotatable bonds is 3. The van der Waals surface area contributed by atoms with Crippen LogP contribution in [-0.4, -0.2) is 39.9 Å². The summed E-state index contributed by atoms with van der Waals surface area (Å²) in [5.74, 6) is 0.660. The second-order valence-corrected chi connectivity index (χ2v) is 7.92. The van der Waals surface area contributed by atoms with Crippen molar-refractivity contribution in [3.8, 4) is 5.75 Å². The Labute approximate surface area is 163 Å². The summed E-state index contributed by atoms with van der Waals surface area (Å²) in [7, 11) is 1.61. The smallest absolute Gasteiger partial charge is 0.125 e. The van der Waals surface area contributed by atoms with Crippen molar-refractivity contribution in [2.45, 2.75) is 44.7 Å². The first-order valence-electron chi connectivity index (χ1n) is 9.88. The van der Waals surface area contributed by atoms with Crippen LogP contribution in [0.25, 0.3) is 21.5 Å². The van der Waals surface area contributed by atoms with Gasteiger partial charge in [0.15, 0.2) is 0 Å². The van der Waals surface area contributed by atoms with Crippen molar-refractivity contribution >= 4 is 21.5 Å². The third-order valence-corrected chi connectivity index (χ3v) is 6.52. The summed E-state index contributed by atoms with van der Waals surface area (Å²) in [5.41, 5.74) is 3.73. The highest BCUT2D eigenvalue weighted by Crippen LogP contribution is 2.46. The van der Waals surface area contributed by atoms with Gasteiger partial charge in [0.05, 0.1) is 26.4 Å². The van der Waals surface area contributed by atoms with Crippen molar-refractivity contribution in [2.75, 3.05) is 13.7 Å². The van der Waals surface area contributed by atoms with Gasteiger partial charge < -0.3 is 20.1 Å². The molecular weight excluding hydrogens is 354 g/mol. The lowest BCUT2D eigenvalue weighted by Crippen LogP contribution is -2.39. The molecule has 3 aromatic carbocycles. The molecule has 0 aromatic heterocycles. The predicted octanol–water partition coefficient (Wildman–Crippen LogP) is 3.00. The second kappa shape index (κ2) is 6.71. The molecule has 0 saturated carbocycles. The molecular formula is C23H25NO4. The first-order chi connectivity index (χ1) is 13.7. The molecule has 2 aliphatic heterocycles. The van der Waals surface area contributed by atoms with E-state index in [4.69, 9.17) is 4.74 Å². The van der Waals surface area contributed by atoms with E-state index in [0.29, 0.717) is 5.75 Å². The first kappa shape index (κ1) is 17.9. The predicted molar refractivity (Wildman–Crippen MR) is 108 cm³/mol. The van der Waals surface area contributed by atoms with Crippen LogP contribution in [0.15, 0.2) is 30.3 Å². The van der Waals surface area contributed by atoms with Crippen LogP contribution in [0.1, 0.15) is 41.2 Å². The number of aliphatic hydroxyl groups excluding tert-OH is 3. The lowest BCUT2D eigenvalue weighted by atomic mass is 9.82. The van der Waals surface area contributed by atoms with E-state index < -0.39 is 6.10 Å². The summed E-state index contributed by atoms with van der Waals surface area (Å²) in [5, 5.41) is 34.9. The van der Waals surface area contributed by atoms with E-state index in [2.05, 4.69) is 4.90 Å². The number of methoxy groups -OCH3 is 1. The minimum absolute atomic E-state index is 0.0313. The van der Waals surface area contributed by atoms with Gasteiger partial charge in [-0.05, 0) is 75.8 Å². The lowest BCUT2D eigenvalue weighted by Gasteiger charge is -2.37. The monoisotopic (exact) mass is 379 g/mol. The Kier molecular flexibility index (Phi) is 4.29. The van der Waals surface area contributed by atoms with Gasteiger partial charge in [-0.2, -0.15) is 0 Å². The molecule has 2 heterocycles. The summed E-state index contributed by atoms with van der Waals surface area (Å²) in [6.07, 6.45) is 1.60. The number of aliphatic hydroxyl groups is 3. The van der Waals surface area contributed by atoms with Crippen LogP contribution in [0.4, 0.5) is 0 Å².